The lowest BCUT2D eigenvalue weighted by Crippen LogP contribution is -2.19. The number of amides is 1. The van der Waals surface area contributed by atoms with Crippen LogP contribution in [0.25, 0.3) is 10.2 Å². The lowest BCUT2D eigenvalue weighted by atomic mass is 10.3. The first-order valence-electron chi connectivity index (χ1n) is 6.64. The molecule has 2 aromatic heterocycles. The molecule has 0 spiro atoms. The number of nitrogens with one attached hydrogen (secondary N) is 1. The average Bonchev–Trinajstić information content (AvgIpc) is 3.09. The van der Waals surface area contributed by atoms with Gasteiger partial charge in [0.15, 0.2) is 11.7 Å². The summed E-state index contributed by atoms with van der Waals surface area (Å²) < 4.78 is 41.8. The van der Waals surface area contributed by atoms with Crippen LogP contribution in [0.15, 0.2) is 23.6 Å². The van der Waals surface area contributed by atoms with Gasteiger partial charge in [-0.2, -0.15) is 13.2 Å². The van der Waals surface area contributed by atoms with E-state index in [0.29, 0.717) is 21.0 Å². The van der Waals surface area contributed by atoms with Crippen molar-refractivity contribution in [3.8, 4) is 5.75 Å². The molecule has 2 heterocycles. The number of carbonyl (C=O) groups is 1. The van der Waals surface area contributed by atoms with E-state index in [2.05, 4.69) is 15.3 Å². The summed E-state index contributed by atoms with van der Waals surface area (Å²) in [5.74, 6) is -0.288. The molecule has 126 valence electrons. The van der Waals surface area contributed by atoms with Crippen LogP contribution < -0.4 is 10.1 Å². The highest BCUT2D eigenvalue weighted by atomic mass is 32.1. The van der Waals surface area contributed by atoms with Crippen molar-refractivity contribution in [2.24, 2.45) is 0 Å². The van der Waals surface area contributed by atoms with Gasteiger partial charge < -0.3 is 4.74 Å². The summed E-state index contributed by atoms with van der Waals surface area (Å²) in [5.41, 5.74) is 0.857. The van der Waals surface area contributed by atoms with Gasteiger partial charge in [-0.3, -0.25) is 10.1 Å². The van der Waals surface area contributed by atoms with E-state index >= 15 is 0 Å². The number of halogens is 3. The molecule has 0 fully saturated rings. The van der Waals surface area contributed by atoms with E-state index in [1.165, 1.54) is 23.5 Å². The fraction of sp³-hybridized carbons (Fsp3) is 0.214. The molecule has 0 atom stereocenters. The van der Waals surface area contributed by atoms with Gasteiger partial charge in [-0.1, -0.05) is 11.3 Å². The third-order valence-corrected chi connectivity index (χ3v) is 4.54. The largest absolute Gasteiger partial charge is 0.484 e. The van der Waals surface area contributed by atoms with Crippen LogP contribution in [0.3, 0.4) is 0 Å². The molecule has 0 aliphatic rings. The summed E-state index contributed by atoms with van der Waals surface area (Å²) in [7, 11) is 0. The number of thiazole rings is 2. The van der Waals surface area contributed by atoms with Gasteiger partial charge in [0.05, 0.1) is 15.2 Å². The molecule has 0 saturated heterocycles. The zero-order valence-corrected chi connectivity index (χ0v) is 13.8. The molecule has 0 aliphatic carbocycles. The number of benzene rings is 1. The molecule has 0 saturated carbocycles. The van der Waals surface area contributed by atoms with Gasteiger partial charge in [-0.05, 0) is 25.1 Å². The first-order valence-corrected chi connectivity index (χ1v) is 8.33. The Balaban J connectivity index is 1.75. The second-order valence-electron chi connectivity index (χ2n) is 4.76. The van der Waals surface area contributed by atoms with E-state index in [0.717, 1.165) is 16.3 Å². The molecule has 1 aromatic carbocycles. The van der Waals surface area contributed by atoms with Crippen molar-refractivity contribution in [3.63, 3.8) is 0 Å². The molecular weight excluding hydrogens is 363 g/mol. The fourth-order valence-corrected chi connectivity index (χ4v) is 3.32. The predicted molar refractivity (Wildman–Crippen MR) is 86.0 cm³/mol. The number of aromatic nitrogens is 2. The zero-order valence-electron chi connectivity index (χ0n) is 12.2. The van der Waals surface area contributed by atoms with Crippen molar-refractivity contribution < 1.29 is 22.7 Å². The van der Waals surface area contributed by atoms with Crippen molar-refractivity contribution in [3.05, 3.63) is 34.3 Å². The molecular formula is C14H10F3N3O2S2. The quantitative estimate of drug-likeness (QED) is 0.742. The van der Waals surface area contributed by atoms with Gasteiger partial charge in [-0.15, -0.1) is 11.3 Å². The van der Waals surface area contributed by atoms with E-state index < -0.39 is 12.8 Å². The van der Waals surface area contributed by atoms with Gasteiger partial charge >= 0.3 is 6.18 Å². The molecule has 0 unspecified atom stereocenters. The van der Waals surface area contributed by atoms with Gasteiger partial charge in [-0.25, -0.2) is 9.97 Å². The number of alkyl halides is 3. The number of ether oxygens (including phenoxy) is 1. The Morgan fingerprint density at radius 3 is 2.79 bits per heavy atom. The van der Waals surface area contributed by atoms with Gasteiger partial charge in [0.1, 0.15) is 11.4 Å². The number of fused-ring (bicyclic) bond motifs is 1. The Morgan fingerprint density at radius 1 is 1.33 bits per heavy atom. The number of nitrogens with zero attached hydrogens (tertiary/aromatic N) is 2. The topological polar surface area (TPSA) is 64.1 Å². The minimum absolute atomic E-state index is 0.0940. The lowest BCUT2D eigenvalue weighted by Gasteiger charge is -2.08. The van der Waals surface area contributed by atoms with E-state index in [-0.39, 0.29) is 11.7 Å². The van der Waals surface area contributed by atoms with Crippen molar-refractivity contribution in [2.75, 3.05) is 11.9 Å². The monoisotopic (exact) mass is 373 g/mol. The molecule has 0 bridgehead atoms. The SMILES string of the molecule is Cc1nc(C(=O)Nc2nc3ccc(OCC(F)(F)F)cc3s2)cs1. The minimum Gasteiger partial charge on any atom is -0.484 e. The minimum atomic E-state index is -4.40. The first-order chi connectivity index (χ1) is 11.3. The second kappa shape index (κ2) is 6.36. The van der Waals surface area contributed by atoms with Crippen molar-refractivity contribution in [1.29, 1.82) is 0 Å². The van der Waals surface area contributed by atoms with Crippen LogP contribution in [0.2, 0.25) is 0 Å². The fourth-order valence-electron chi connectivity index (χ4n) is 1.84. The number of aryl methyl sites for hydroxylation is 1. The molecule has 3 rings (SSSR count). The number of hydrogen-bond acceptors (Lipinski definition) is 6. The van der Waals surface area contributed by atoms with E-state index in [1.54, 1.807) is 18.4 Å². The van der Waals surface area contributed by atoms with Crippen LogP contribution >= 0.6 is 22.7 Å². The van der Waals surface area contributed by atoms with E-state index in [1.807, 2.05) is 0 Å². The molecule has 0 radical (unpaired) electrons. The van der Waals surface area contributed by atoms with E-state index in [9.17, 15) is 18.0 Å². The standard InChI is InChI=1S/C14H10F3N3O2S2/c1-7-18-10(5-23-7)12(21)20-13-19-9-3-2-8(4-11(9)24-13)22-6-14(15,16)17/h2-5H,6H2,1H3,(H,19,20,21). The Hall–Kier alpha value is -2.20. The summed E-state index contributed by atoms with van der Waals surface area (Å²) in [5, 5.41) is 5.38. The van der Waals surface area contributed by atoms with Crippen LogP contribution in [-0.4, -0.2) is 28.7 Å². The number of hydrogen-bond donors (Lipinski definition) is 1. The average molecular weight is 373 g/mol. The smallest absolute Gasteiger partial charge is 0.422 e. The highest BCUT2D eigenvalue weighted by Crippen LogP contribution is 2.30. The molecule has 1 amide bonds. The number of anilines is 1. The van der Waals surface area contributed by atoms with Crippen LogP contribution in [0.5, 0.6) is 5.75 Å². The molecule has 10 heteroatoms. The summed E-state index contributed by atoms with van der Waals surface area (Å²) in [6.07, 6.45) is -4.40. The zero-order chi connectivity index (χ0) is 17.3. The maximum atomic E-state index is 12.2. The van der Waals surface area contributed by atoms with Crippen LogP contribution in [0, 0.1) is 6.92 Å². The Morgan fingerprint density at radius 2 is 2.12 bits per heavy atom. The molecule has 24 heavy (non-hydrogen) atoms. The highest BCUT2D eigenvalue weighted by Gasteiger charge is 2.28. The van der Waals surface area contributed by atoms with Gasteiger partial charge in [0, 0.05) is 5.38 Å². The summed E-state index contributed by atoms with van der Waals surface area (Å²) in [6.45, 7) is 0.436. The normalized spacial score (nSPS) is 11.7. The van der Waals surface area contributed by atoms with Crippen LogP contribution in [0.4, 0.5) is 18.3 Å². The maximum absolute atomic E-state index is 12.2. The molecule has 5 nitrogen and oxygen atoms in total. The summed E-state index contributed by atoms with van der Waals surface area (Å²) in [4.78, 5) is 20.3. The third kappa shape index (κ3) is 4.01. The van der Waals surface area contributed by atoms with Crippen molar-refractivity contribution in [2.45, 2.75) is 13.1 Å². The second-order valence-corrected chi connectivity index (χ2v) is 6.85. The molecule has 0 aliphatic heterocycles. The maximum Gasteiger partial charge on any atom is 0.422 e. The summed E-state index contributed by atoms with van der Waals surface area (Å²) in [6, 6.07) is 4.41. The first kappa shape index (κ1) is 16.7. The molecule has 3 aromatic rings. The Labute approximate surface area is 142 Å². The van der Waals surface area contributed by atoms with E-state index in [4.69, 9.17) is 4.74 Å². The Bertz CT molecular complexity index is 889. The summed E-state index contributed by atoms with van der Waals surface area (Å²) >= 11 is 2.51. The van der Waals surface area contributed by atoms with Crippen LogP contribution in [0.1, 0.15) is 15.5 Å². The highest BCUT2D eigenvalue weighted by molar-refractivity contribution is 7.22. The number of rotatable bonds is 4. The lowest BCUT2D eigenvalue weighted by molar-refractivity contribution is -0.153. The van der Waals surface area contributed by atoms with Crippen molar-refractivity contribution >= 4 is 43.9 Å². The molecule has 1 N–H and O–H groups in total. The van der Waals surface area contributed by atoms with Crippen LogP contribution in [-0.2, 0) is 0 Å². The van der Waals surface area contributed by atoms with Gasteiger partial charge in [0.2, 0.25) is 0 Å². The Kier molecular flexibility index (Phi) is 4.41. The third-order valence-electron chi connectivity index (χ3n) is 2.83. The predicted octanol–water partition coefficient (Wildman–Crippen LogP) is 4.25. The van der Waals surface area contributed by atoms with Crippen molar-refractivity contribution in [1.82, 2.24) is 9.97 Å². The van der Waals surface area contributed by atoms with Gasteiger partial charge in [0.25, 0.3) is 5.91 Å². The number of carbonyl (C=O) groups excluding carboxylic acids is 1.